The molecule has 27 heavy (non-hydrogen) atoms. The molecule has 0 saturated carbocycles. The summed E-state index contributed by atoms with van der Waals surface area (Å²) in [5.74, 6) is -1.22. The van der Waals surface area contributed by atoms with E-state index in [9.17, 15) is 18.0 Å². The van der Waals surface area contributed by atoms with Gasteiger partial charge in [0.15, 0.2) is 16.4 Å². The molecule has 0 aliphatic carbocycles. The van der Waals surface area contributed by atoms with Crippen LogP contribution in [-0.4, -0.2) is 39.7 Å². The Kier molecular flexibility index (Phi) is 6.98. The van der Waals surface area contributed by atoms with Crippen LogP contribution < -0.4 is 5.32 Å². The Morgan fingerprint density at radius 1 is 1.15 bits per heavy atom. The number of hydrogen-bond acceptors (Lipinski definition) is 5. The minimum absolute atomic E-state index is 0.0468. The monoisotopic (exact) mass is 409 g/mol. The molecule has 0 saturated heterocycles. The van der Waals surface area contributed by atoms with Gasteiger partial charge >= 0.3 is 5.97 Å². The van der Waals surface area contributed by atoms with Gasteiger partial charge in [0.1, 0.15) is 0 Å². The van der Waals surface area contributed by atoms with Crippen LogP contribution in [0.3, 0.4) is 0 Å². The van der Waals surface area contributed by atoms with Gasteiger partial charge in [0.2, 0.25) is 0 Å². The quantitative estimate of drug-likeness (QED) is 0.710. The molecule has 1 N–H and O–H groups in total. The number of rotatable bonds is 7. The molecule has 0 aromatic heterocycles. The van der Waals surface area contributed by atoms with Crippen LogP contribution in [0.2, 0.25) is 5.02 Å². The maximum absolute atomic E-state index is 12.1. The molecule has 0 heterocycles. The van der Waals surface area contributed by atoms with Gasteiger partial charge in [0, 0.05) is 12.8 Å². The summed E-state index contributed by atoms with van der Waals surface area (Å²) in [5.41, 5.74) is 0.976. The van der Waals surface area contributed by atoms with E-state index in [4.69, 9.17) is 16.3 Å². The number of amides is 1. The molecule has 6 nitrogen and oxygen atoms in total. The SMILES string of the molecule is CC(CNC(=O)COC(=O)c1cc(S(C)(=O)=O)ccc1Cl)c1ccccc1. The lowest BCUT2D eigenvalue weighted by atomic mass is 10.0. The van der Waals surface area contributed by atoms with Gasteiger partial charge < -0.3 is 10.1 Å². The summed E-state index contributed by atoms with van der Waals surface area (Å²) < 4.78 is 28.1. The highest BCUT2D eigenvalue weighted by atomic mass is 35.5. The van der Waals surface area contributed by atoms with Gasteiger partial charge in [0.05, 0.1) is 15.5 Å². The van der Waals surface area contributed by atoms with E-state index in [0.29, 0.717) is 6.54 Å². The lowest BCUT2D eigenvalue weighted by Gasteiger charge is -2.13. The van der Waals surface area contributed by atoms with Crippen molar-refractivity contribution in [2.24, 2.45) is 0 Å². The van der Waals surface area contributed by atoms with Crippen LogP contribution >= 0.6 is 11.6 Å². The van der Waals surface area contributed by atoms with E-state index in [1.807, 2.05) is 37.3 Å². The van der Waals surface area contributed by atoms with Crippen molar-refractivity contribution < 1.29 is 22.7 Å². The number of nitrogens with one attached hydrogen (secondary N) is 1. The van der Waals surface area contributed by atoms with Crippen LogP contribution in [-0.2, 0) is 19.4 Å². The average Bonchev–Trinajstić information content (AvgIpc) is 2.64. The Labute approximate surface area is 163 Å². The molecule has 1 atom stereocenters. The van der Waals surface area contributed by atoms with E-state index in [1.54, 1.807) is 0 Å². The van der Waals surface area contributed by atoms with E-state index in [2.05, 4.69) is 5.32 Å². The summed E-state index contributed by atoms with van der Waals surface area (Å²) in [5, 5.41) is 2.74. The lowest BCUT2D eigenvalue weighted by molar-refractivity contribution is -0.124. The summed E-state index contributed by atoms with van der Waals surface area (Å²) in [4.78, 5) is 24.0. The zero-order chi connectivity index (χ0) is 20.0. The van der Waals surface area contributed by atoms with Crippen molar-refractivity contribution in [1.82, 2.24) is 5.32 Å². The van der Waals surface area contributed by atoms with Crippen LogP contribution in [0.15, 0.2) is 53.4 Å². The van der Waals surface area contributed by atoms with E-state index in [-0.39, 0.29) is 21.4 Å². The highest BCUT2D eigenvalue weighted by molar-refractivity contribution is 7.90. The average molecular weight is 410 g/mol. The second-order valence-electron chi connectivity index (χ2n) is 6.11. The van der Waals surface area contributed by atoms with Gasteiger partial charge in [-0.25, -0.2) is 13.2 Å². The molecule has 8 heteroatoms. The predicted molar refractivity (Wildman–Crippen MR) is 103 cm³/mol. The fourth-order valence-electron chi connectivity index (χ4n) is 2.32. The lowest BCUT2D eigenvalue weighted by Crippen LogP contribution is -2.31. The van der Waals surface area contributed by atoms with Crippen molar-refractivity contribution in [2.45, 2.75) is 17.7 Å². The second-order valence-corrected chi connectivity index (χ2v) is 8.53. The summed E-state index contributed by atoms with van der Waals surface area (Å²) >= 11 is 5.93. The minimum Gasteiger partial charge on any atom is -0.452 e. The first kappa shape index (κ1) is 20.9. The van der Waals surface area contributed by atoms with Crippen LogP contribution in [0.1, 0.15) is 28.8 Å². The molecule has 2 rings (SSSR count). The number of hydrogen-bond donors (Lipinski definition) is 1. The molecule has 2 aromatic rings. The zero-order valence-electron chi connectivity index (χ0n) is 14.9. The summed E-state index contributed by atoms with van der Waals surface area (Å²) in [7, 11) is -3.50. The molecule has 144 valence electrons. The first-order valence-corrected chi connectivity index (χ1v) is 10.4. The van der Waals surface area contributed by atoms with Crippen molar-refractivity contribution in [3.63, 3.8) is 0 Å². The molecule has 0 spiro atoms. The topological polar surface area (TPSA) is 89.5 Å². The van der Waals surface area contributed by atoms with Crippen LogP contribution in [0.25, 0.3) is 0 Å². The van der Waals surface area contributed by atoms with Crippen LogP contribution in [0.5, 0.6) is 0 Å². The molecule has 1 amide bonds. The fraction of sp³-hybridized carbons (Fsp3) is 0.263. The number of sulfone groups is 1. The minimum atomic E-state index is -3.50. The van der Waals surface area contributed by atoms with E-state index >= 15 is 0 Å². The molecule has 0 fully saturated rings. The van der Waals surface area contributed by atoms with Crippen molar-refractivity contribution in [3.8, 4) is 0 Å². The number of carbonyl (C=O) groups is 2. The predicted octanol–water partition coefficient (Wildman–Crippen LogP) is 2.82. The third-order valence-electron chi connectivity index (χ3n) is 3.89. The third kappa shape index (κ3) is 6.08. The Morgan fingerprint density at radius 3 is 2.44 bits per heavy atom. The van der Waals surface area contributed by atoms with Crippen LogP contribution in [0.4, 0.5) is 0 Å². The number of ether oxygens (including phenoxy) is 1. The Hall–Kier alpha value is -2.38. The smallest absolute Gasteiger partial charge is 0.340 e. The van der Waals surface area contributed by atoms with Gasteiger partial charge in [-0.3, -0.25) is 4.79 Å². The highest BCUT2D eigenvalue weighted by Gasteiger charge is 2.18. The standard InChI is InChI=1S/C19H20ClNO5S/c1-13(14-6-4-3-5-7-14)11-21-18(22)12-26-19(23)16-10-15(27(2,24)25)8-9-17(16)20/h3-10,13H,11-12H2,1-2H3,(H,21,22). The van der Waals surface area contributed by atoms with Crippen molar-refractivity contribution in [1.29, 1.82) is 0 Å². The first-order valence-electron chi connectivity index (χ1n) is 8.17. The van der Waals surface area contributed by atoms with Crippen molar-refractivity contribution >= 4 is 33.3 Å². The largest absolute Gasteiger partial charge is 0.452 e. The summed E-state index contributed by atoms with van der Waals surface area (Å²) in [6.07, 6.45) is 1.02. The van der Waals surface area contributed by atoms with Gasteiger partial charge in [0.25, 0.3) is 5.91 Å². The number of esters is 1. The van der Waals surface area contributed by atoms with Gasteiger partial charge in [-0.15, -0.1) is 0 Å². The maximum Gasteiger partial charge on any atom is 0.340 e. The van der Waals surface area contributed by atoms with Gasteiger partial charge in [-0.1, -0.05) is 48.9 Å². The normalized spacial score (nSPS) is 12.3. The fourth-order valence-corrected chi connectivity index (χ4v) is 3.16. The second kappa shape index (κ2) is 9.01. The Morgan fingerprint density at radius 2 is 1.81 bits per heavy atom. The van der Waals surface area contributed by atoms with Crippen LogP contribution in [0, 0.1) is 0 Å². The molecular formula is C19H20ClNO5S. The molecule has 1 unspecified atom stereocenters. The molecule has 2 aromatic carbocycles. The molecular weight excluding hydrogens is 390 g/mol. The number of carbonyl (C=O) groups excluding carboxylic acids is 2. The van der Waals surface area contributed by atoms with E-state index in [0.717, 1.165) is 17.9 Å². The molecule has 0 aliphatic heterocycles. The number of halogens is 1. The Bertz CT molecular complexity index is 928. The van der Waals surface area contributed by atoms with E-state index < -0.39 is 28.3 Å². The molecule has 0 radical (unpaired) electrons. The van der Waals surface area contributed by atoms with Crippen molar-refractivity contribution in [2.75, 3.05) is 19.4 Å². The van der Waals surface area contributed by atoms with Gasteiger partial charge in [-0.2, -0.15) is 0 Å². The zero-order valence-corrected chi connectivity index (χ0v) is 16.5. The third-order valence-corrected chi connectivity index (χ3v) is 5.33. The Balaban J connectivity index is 1.91. The first-order chi connectivity index (χ1) is 12.7. The molecule has 0 bridgehead atoms. The maximum atomic E-state index is 12.1. The number of benzene rings is 2. The van der Waals surface area contributed by atoms with E-state index in [1.165, 1.54) is 12.1 Å². The summed E-state index contributed by atoms with van der Waals surface area (Å²) in [6, 6.07) is 13.4. The summed E-state index contributed by atoms with van der Waals surface area (Å²) in [6.45, 7) is 1.88. The van der Waals surface area contributed by atoms with Crippen molar-refractivity contribution in [3.05, 3.63) is 64.7 Å². The molecule has 0 aliphatic rings. The van der Waals surface area contributed by atoms with Gasteiger partial charge in [-0.05, 0) is 29.7 Å². The highest BCUT2D eigenvalue weighted by Crippen LogP contribution is 2.21.